The van der Waals surface area contributed by atoms with Gasteiger partial charge in [0, 0.05) is 30.5 Å². The summed E-state index contributed by atoms with van der Waals surface area (Å²) >= 11 is 1.69. The van der Waals surface area contributed by atoms with Crippen LogP contribution in [0.4, 0.5) is 0 Å². The van der Waals surface area contributed by atoms with Gasteiger partial charge >= 0.3 is 0 Å². The topological polar surface area (TPSA) is 62.2 Å². The highest BCUT2D eigenvalue weighted by atomic mass is 32.2. The molecule has 2 atom stereocenters. The second-order valence-electron chi connectivity index (χ2n) is 5.64. The van der Waals surface area contributed by atoms with Gasteiger partial charge in [-0.15, -0.1) is 0 Å². The number of fused-ring (bicyclic) bond motifs is 1. The van der Waals surface area contributed by atoms with Gasteiger partial charge in [0.25, 0.3) is 0 Å². The molecule has 0 fully saturated rings. The zero-order chi connectivity index (χ0) is 16.1. The maximum atomic E-state index is 12.1. The summed E-state index contributed by atoms with van der Waals surface area (Å²) in [7, 11) is 0. The molecule has 5 heteroatoms. The number of aliphatic hydroxyl groups is 1. The molecule has 0 spiro atoms. The van der Waals surface area contributed by atoms with Gasteiger partial charge in [0.2, 0.25) is 5.91 Å². The smallest absolute Gasteiger partial charge is 0.221 e. The van der Waals surface area contributed by atoms with Crippen molar-refractivity contribution in [2.75, 3.05) is 5.75 Å². The van der Waals surface area contributed by atoms with E-state index in [0.29, 0.717) is 12.8 Å². The van der Waals surface area contributed by atoms with Gasteiger partial charge < -0.3 is 10.4 Å². The van der Waals surface area contributed by atoms with E-state index in [-0.39, 0.29) is 11.9 Å². The van der Waals surface area contributed by atoms with Crippen molar-refractivity contribution in [1.82, 2.24) is 10.3 Å². The van der Waals surface area contributed by atoms with Gasteiger partial charge in [-0.05, 0) is 23.3 Å². The standard InChI is InChI=1S/C18H20N2O2S/c21-16-11-13-5-1-2-7-15(13)18(16)20-17(22)8-10-23-12-14-6-3-4-9-19-14/h1-7,9,16,18,21H,8,10-12H2,(H,20,22)/t16-,18+/m0/s1. The predicted molar refractivity (Wildman–Crippen MR) is 92.1 cm³/mol. The number of aromatic nitrogens is 1. The highest BCUT2D eigenvalue weighted by molar-refractivity contribution is 7.98. The van der Waals surface area contributed by atoms with Crippen LogP contribution in [-0.2, 0) is 17.0 Å². The number of rotatable bonds is 6. The summed E-state index contributed by atoms with van der Waals surface area (Å²) in [6, 6.07) is 13.5. The fourth-order valence-corrected chi connectivity index (χ4v) is 3.67. The second-order valence-corrected chi connectivity index (χ2v) is 6.74. The highest BCUT2D eigenvalue weighted by Gasteiger charge is 2.31. The lowest BCUT2D eigenvalue weighted by Gasteiger charge is -2.17. The number of aliphatic hydroxyl groups excluding tert-OH is 1. The SMILES string of the molecule is O=C(CCSCc1ccccn1)N[C@@H]1c2ccccc2C[C@@H]1O. The minimum atomic E-state index is -0.530. The molecule has 1 heterocycles. The Morgan fingerprint density at radius 3 is 2.91 bits per heavy atom. The van der Waals surface area contributed by atoms with E-state index in [1.54, 1.807) is 18.0 Å². The Morgan fingerprint density at radius 2 is 2.09 bits per heavy atom. The summed E-state index contributed by atoms with van der Waals surface area (Å²) in [5.41, 5.74) is 3.18. The average Bonchev–Trinajstić information content (AvgIpc) is 2.88. The van der Waals surface area contributed by atoms with Gasteiger partial charge in [-0.25, -0.2) is 0 Å². The minimum absolute atomic E-state index is 0.0146. The molecule has 1 aromatic heterocycles. The van der Waals surface area contributed by atoms with Crippen molar-refractivity contribution in [3.63, 3.8) is 0 Å². The van der Waals surface area contributed by atoms with Crippen LogP contribution in [0.2, 0.25) is 0 Å². The fourth-order valence-electron chi connectivity index (χ4n) is 2.82. The Morgan fingerprint density at radius 1 is 1.26 bits per heavy atom. The Balaban J connectivity index is 1.45. The molecule has 23 heavy (non-hydrogen) atoms. The third kappa shape index (κ3) is 4.12. The Labute approximate surface area is 140 Å². The van der Waals surface area contributed by atoms with Gasteiger partial charge in [-0.2, -0.15) is 11.8 Å². The van der Waals surface area contributed by atoms with Crippen LogP contribution in [0.15, 0.2) is 48.7 Å². The first kappa shape index (κ1) is 16.0. The molecule has 4 nitrogen and oxygen atoms in total. The number of hydrogen-bond donors (Lipinski definition) is 2. The number of benzene rings is 1. The Kier molecular flexibility index (Phi) is 5.31. The molecule has 2 N–H and O–H groups in total. The molecule has 0 aliphatic heterocycles. The number of nitrogens with one attached hydrogen (secondary N) is 1. The van der Waals surface area contributed by atoms with Gasteiger partial charge in [0.1, 0.15) is 0 Å². The molecule has 0 saturated heterocycles. The fraction of sp³-hybridized carbons (Fsp3) is 0.333. The molecule has 0 saturated carbocycles. The van der Waals surface area contributed by atoms with E-state index in [4.69, 9.17) is 0 Å². The molecule has 1 aromatic carbocycles. The summed E-state index contributed by atoms with van der Waals surface area (Å²) < 4.78 is 0. The van der Waals surface area contributed by atoms with Crippen LogP contribution in [-0.4, -0.2) is 27.9 Å². The van der Waals surface area contributed by atoms with Crippen molar-refractivity contribution >= 4 is 17.7 Å². The Bertz CT molecular complexity index is 663. The molecule has 1 aliphatic carbocycles. The maximum Gasteiger partial charge on any atom is 0.221 e. The van der Waals surface area contributed by atoms with E-state index < -0.39 is 6.10 Å². The number of carbonyl (C=O) groups is 1. The van der Waals surface area contributed by atoms with Gasteiger partial charge in [0.05, 0.1) is 17.8 Å². The molecule has 0 radical (unpaired) electrons. The van der Waals surface area contributed by atoms with Crippen molar-refractivity contribution in [3.05, 3.63) is 65.5 Å². The molecular weight excluding hydrogens is 308 g/mol. The molecule has 2 aromatic rings. The van der Waals surface area contributed by atoms with Crippen LogP contribution in [0.3, 0.4) is 0 Å². The first-order valence-corrected chi connectivity index (χ1v) is 8.92. The maximum absolute atomic E-state index is 12.1. The van der Waals surface area contributed by atoms with Crippen molar-refractivity contribution in [3.8, 4) is 0 Å². The summed E-state index contributed by atoms with van der Waals surface area (Å²) in [5, 5.41) is 13.1. The molecule has 1 aliphatic rings. The number of carbonyl (C=O) groups excluding carboxylic acids is 1. The monoisotopic (exact) mass is 328 g/mol. The first-order chi connectivity index (χ1) is 11.2. The van der Waals surface area contributed by atoms with Crippen LogP contribution >= 0.6 is 11.8 Å². The quantitative estimate of drug-likeness (QED) is 0.800. The van der Waals surface area contributed by atoms with Crippen LogP contribution in [0.1, 0.15) is 29.3 Å². The number of pyridine rings is 1. The van der Waals surface area contributed by atoms with Crippen molar-refractivity contribution in [2.24, 2.45) is 0 Å². The van der Waals surface area contributed by atoms with E-state index in [2.05, 4.69) is 10.3 Å². The first-order valence-electron chi connectivity index (χ1n) is 7.77. The van der Waals surface area contributed by atoms with Gasteiger partial charge in [0.15, 0.2) is 0 Å². The van der Waals surface area contributed by atoms with Gasteiger partial charge in [-0.1, -0.05) is 30.3 Å². The third-order valence-electron chi connectivity index (χ3n) is 3.97. The molecule has 0 unspecified atom stereocenters. The summed E-state index contributed by atoms with van der Waals surface area (Å²) in [4.78, 5) is 16.4. The Hall–Kier alpha value is -1.85. The molecular formula is C18H20N2O2S. The van der Waals surface area contributed by atoms with E-state index in [9.17, 15) is 9.90 Å². The van der Waals surface area contributed by atoms with Crippen LogP contribution in [0.5, 0.6) is 0 Å². The van der Waals surface area contributed by atoms with E-state index in [1.165, 1.54) is 0 Å². The number of hydrogen-bond acceptors (Lipinski definition) is 4. The summed E-state index contributed by atoms with van der Waals surface area (Å²) in [6.45, 7) is 0. The third-order valence-corrected chi connectivity index (χ3v) is 4.96. The van der Waals surface area contributed by atoms with Crippen LogP contribution < -0.4 is 5.32 Å². The summed E-state index contributed by atoms with van der Waals surface area (Å²) in [6.07, 6.45) is 2.30. The molecule has 3 rings (SSSR count). The molecule has 1 amide bonds. The molecule has 120 valence electrons. The van der Waals surface area contributed by atoms with Crippen LogP contribution in [0, 0.1) is 0 Å². The zero-order valence-corrected chi connectivity index (χ0v) is 13.6. The highest BCUT2D eigenvalue weighted by Crippen LogP contribution is 2.31. The largest absolute Gasteiger partial charge is 0.390 e. The predicted octanol–water partition coefficient (Wildman–Crippen LogP) is 2.48. The average molecular weight is 328 g/mol. The van der Waals surface area contributed by atoms with Crippen LogP contribution in [0.25, 0.3) is 0 Å². The minimum Gasteiger partial charge on any atom is -0.390 e. The number of amides is 1. The van der Waals surface area contributed by atoms with Crippen molar-refractivity contribution in [1.29, 1.82) is 0 Å². The lowest BCUT2D eigenvalue weighted by atomic mass is 10.1. The van der Waals surface area contributed by atoms with E-state index in [0.717, 1.165) is 28.3 Å². The van der Waals surface area contributed by atoms with Crippen molar-refractivity contribution < 1.29 is 9.90 Å². The summed E-state index contributed by atoms with van der Waals surface area (Å²) in [5.74, 6) is 1.54. The number of thioether (sulfide) groups is 1. The number of nitrogens with zero attached hydrogens (tertiary/aromatic N) is 1. The normalized spacial score (nSPS) is 19.3. The lowest BCUT2D eigenvalue weighted by molar-refractivity contribution is -0.122. The second kappa shape index (κ2) is 7.62. The van der Waals surface area contributed by atoms with Crippen molar-refractivity contribution in [2.45, 2.75) is 30.7 Å². The lowest BCUT2D eigenvalue weighted by Crippen LogP contribution is -2.34. The van der Waals surface area contributed by atoms with E-state index >= 15 is 0 Å². The molecule has 0 bridgehead atoms. The zero-order valence-electron chi connectivity index (χ0n) is 12.8. The van der Waals surface area contributed by atoms with E-state index in [1.807, 2.05) is 42.5 Å². The van der Waals surface area contributed by atoms with Gasteiger partial charge in [-0.3, -0.25) is 9.78 Å².